The molecule has 2 heteroatoms. The lowest BCUT2D eigenvalue weighted by atomic mass is 10.00. The van der Waals surface area contributed by atoms with Crippen LogP contribution < -0.4 is 0 Å². The third kappa shape index (κ3) is 2.44. The lowest BCUT2D eigenvalue weighted by Gasteiger charge is -2.11. The summed E-state index contributed by atoms with van der Waals surface area (Å²) in [6.45, 7) is 0. The van der Waals surface area contributed by atoms with Gasteiger partial charge in [-0.1, -0.05) is 91.0 Å². The van der Waals surface area contributed by atoms with E-state index in [9.17, 15) is 0 Å². The van der Waals surface area contributed by atoms with Crippen LogP contribution >= 0.6 is 0 Å². The topological polar surface area (TPSA) is 25.8 Å². The first-order valence-corrected chi connectivity index (χ1v) is 8.70. The molecule has 0 saturated carbocycles. The van der Waals surface area contributed by atoms with E-state index in [0.29, 0.717) is 0 Å². The van der Waals surface area contributed by atoms with Gasteiger partial charge in [-0.3, -0.25) is 0 Å². The van der Waals surface area contributed by atoms with Gasteiger partial charge >= 0.3 is 0 Å². The molecule has 4 aromatic carbocycles. The van der Waals surface area contributed by atoms with Crippen LogP contribution in [0, 0.1) is 0 Å². The van der Waals surface area contributed by atoms with Gasteiger partial charge in [-0.25, -0.2) is 9.97 Å². The lowest BCUT2D eigenvalue weighted by Crippen LogP contribution is -1.95. The summed E-state index contributed by atoms with van der Waals surface area (Å²) in [5.74, 6) is 0.757. The summed E-state index contributed by atoms with van der Waals surface area (Å²) >= 11 is 0. The fourth-order valence-corrected chi connectivity index (χ4v) is 3.42. The number of aromatic nitrogens is 2. The minimum Gasteiger partial charge on any atom is -0.228 e. The number of nitrogens with zero attached hydrogens (tertiary/aromatic N) is 2. The first-order chi connectivity index (χ1) is 12.9. The van der Waals surface area contributed by atoms with E-state index in [1.807, 2.05) is 24.3 Å². The van der Waals surface area contributed by atoms with E-state index in [1.165, 1.54) is 10.8 Å². The Morgan fingerprint density at radius 3 is 1.92 bits per heavy atom. The van der Waals surface area contributed by atoms with Gasteiger partial charge in [0.05, 0.1) is 11.2 Å². The van der Waals surface area contributed by atoms with Gasteiger partial charge in [0.2, 0.25) is 0 Å². The Kier molecular flexibility index (Phi) is 3.46. The van der Waals surface area contributed by atoms with E-state index in [1.54, 1.807) is 0 Å². The highest BCUT2D eigenvalue weighted by Gasteiger charge is 2.13. The molecule has 0 bridgehead atoms. The maximum absolute atomic E-state index is 4.98. The van der Waals surface area contributed by atoms with Crippen LogP contribution in [-0.4, -0.2) is 9.97 Å². The molecule has 0 N–H and O–H groups in total. The molecule has 0 aliphatic carbocycles. The average molecular weight is 332 g/mol. The predicted molar refractivity (Wildman–Crippen MR) is 108 cm³/mol. The second-order valence-electron chi connectivity index (χ2n) is 6.31. The van der Waals surface area contributed by atoms with Crippen molar-refractivity contribution < 1.29 is 0 Å². The quantitative estimate of drug-likeness (QED) is 0.364. The Morgan fingerprint density at radius 2 is 1.15 bits per heavy atom. The fourth-order valence-electron chi connectivity index (χ4n) is 3.42. The molecule has 0 unspecified atom stereocenters. The molecule has 122 valence electrons. The maximum Gasteiger partial charge on any atom is 0.160 e. The first-order valence-electron chi connectivity index (χ1n) is 8.70. The smallest absolute Gasteiger partial charge is 0.160 e. The molecule has 0 spiro atoms. The molecule has 1 aromatic heterocycles. The molecule has 1 heterocycles. The average Bonchev–Trinajstić information content (AvgIpc) is 2.74. The monoisotopic (exact) mass is 332 g/mol. The van der Waals surface area contributed by atoms with Crippen LogP contribution in [0.1, 0.15) is 0 Å². The van der Waals surface area contributed by atoms with Crippen LogP contribution in [0.5, 0.6) is 0 Å². The van der Waals surface area contributed by atoms with Gasteiger partial charge in [-0.05, 0) is 16.8 Å². The maximum atomic E-state index is 4.98. The lowest BCUT2D eigenvalue weighted by molar-refractivity contribution is 1.23. The van der Waals surface area contributed by atoms with Gasteiger partial charge in [0.15, 0.2) is 5.82 Å². The molecular formula is C24H16N2. The second kappa shape index (κ2) is 6.08. The summed E-state index contributed by atoms with van der Waals surface area (Å²) in [7, 11) is 0. The van der Waals surface area contributed by atoms with Crippen molar-refractivity contribution >= 4 is 21.7 Å². The number of rotatable bonds is 2. The normalized spacial score (nSPS) is 11.1. The van der Waals surface area contributed by atoms with Gasteiger partial charge in [0.1, 0.15) is 0 Å². The number of benzene rings is 4. The second-order valence-corrected chi connectivity index (χ2v) is 6.31. The third-order valence-corrected chi connectivity index (χ3v) is 4.67. The minimum atomic E-state index is 0.757. The molecule has 5 rings (SSSR count). The SMILES string of the molecule is c1ccc(-c2nc(-c3ccccc3)c3c(ccc4ccccc43)n2)cc1. The van der Waals surface area contributed by atoms with Crippen molar-refractivity contribution in [2.45, 2.75) is 0 Å². The van der Waals surface area contributed by atoms with E-state index < -0.39 is 0 Å². The first kappa shape index (κ1) is 14.8. The summed E-state index contributed by atoms with van der Waals surface area (Å²) in [5, 5.41) is 3.49. The zero-order valence-electron chi connectivity index (χ0n) is 14.1. The largest absolute Gasteiger partial charge is 0.228 e. The Bertz CT molecular complexity index is 1210. The van der Waals surface area contributed by atoms with E-state index in [0.717, 1.165) is 33.5 Å². The summed E-state index contributed by atoms with van der Waals surface area (Å²) in [4.78, 5) is 9.85. The van der Waals surface area contributed by atoms with Crippen molar-refractivity contribution in [3.05, 3.63) is 97.1 Å². The highest BCUT2D eigenvalue weighted by molar-refractivity contribution is 6.12. The Hall–Kier alpha value is -3.52. The number of hydrogen-bond donors (Lipinski definition) is 0. The van der Waals surface area contributed by atoms with Crippen LogP contribution in [0.4, 0.5) is 0 Å². The van der Waals surface area contributed by atoms with Crippen LogP contribution in [0.2, 0.25) is 0 Å². The standard InChI is InChI=1S/C24H16N2/c1-3-10-18(11-4-1)23-22-20-14-8-7-9-17(20)15-16-21(22)25-24(26-23)19-12-5-2-6-13-19/h1-16H. The Balaban J connectivity index is 1.92. The van der Waals surface area contributed by atoms with Gasteiger partial charge in [-0.2, -0.15) is 0 Å². The molecule has 2 nitrogen and oxygen atoms in total. The Labute approximate surface area is 151 Å². The molecule has 5 aromatic rings. The van der Waals surface area contributed by atoms with E-state index in [4.69, 9.17) is 9.97 Å². The van der Waals surface area contributed by atoms with Crippen molar-refractivity contribution in [2.24, 2.45) is 0 Å². The van der Waals surface area contributed by atoms with Gasteiger partial charge in [-0.15, -0.1) is 0 Å². The van der Waals surface area contributed by atoms with Crippen molar-refractivity contribution in [3.8, 4) is 22.6 Å². The molecule has 26 heavy (non-hydrogen) atoms. The highest BCUT2D eigenvalue weighted by atomic mass is 14.9. The molecule has 0 fully saturated rings. The van der Waals surface area contributed by atoms with E-state index in [-0.39, 0.29) is 0 Å². The summed E-state index contributed by atoms with van der Waals surface area (Å²) in [6.07, 6.45) is 0. The molecule has 0 aliphatic heterocycles. The van der Waals surface area contributed by atoms with Gasteiger partial charge < -0.3 is 0 Å². The molecule has 0 aliphatic rings. The van der Waals surface area contributed by atoms with Gasteiger partial charge in [0.25, 0.3) is 0 Å². The highest BCUT2D eigenvalue weighted by Crippen LogP contribution is 2.34. The zero-order valence-corrected chi connectivity index (χ0v) is 14.1. The predicted octanol–water partition coefficient (Wildman–Crippen LogP) is 6.12. The van der Waals surface area contributed by atoms with Crippen LogP contribution in [0.15, 0.2) is 97.1 Å². The summed E-state index contributed by atoms with van der Waals surface area (Å²) < 4.78 is 0. The molecule has 0 amide bonds. The van der Waals surface area contributed by atoms with Crippen LogP contribution in [0.25, 0.3) is 44.3 Å². The third-order valence-electron chi connectivity index (χ3n) is 4.67. The van der Waals surface area contributed by atoms with Crippen LogP contribution in [-0.2, 0) is 0 Å². The molecule has 0 atom stereocenters. The van der Waals surface area contributed by atoms with E-state index in [2.05, 4.69) is 72.8 Å². The zero-order chi connectivity index (χ0) is 17.3. The number of hydrogen-bond acceptors (Lipinski definition) is 2. The molecular weight excluding hydrogens is 316 g/mol. The van der Waals surface area contributed by atoms with Crippen molar-refractivity contribution in [3.63, 3.8) is 0 Å². The van der Waals surface area contributed by atoms with Crippen molar-refractivity contribution in [1.29, 1.82) is 0 Å². The summed E-state index contributed by atoms with van der Waals surface area (Å²) in [5.41, 5.74) is 4.08. The molecule has 0 radical (unpaired) electrons. The Morgan fingerprint density at radius 1 is 0.500 bits per heavy atom. The summed E-state index contributed by atoms with van der Waals surface area (Å²) in [6, 6.07) is 33.2. The van der Waals surface area contributed by atoms with Crippen molar-refractivity contribution in [2.75, 3.05) is 0 Å². The molecule has 0 saturated heterocycles. The van der Waals surface area contributed by atoms with E-state index >= 15 is 0 Å². The van der Waals surface area contributed by atoms with Crippen molar-refractivity contribution in [1.82, 2.24) is 9.97 Å². The van der Waals surface area contributed by atoms with Gasteiger partial charge in [0, 0.05) is 16.5 Å². The number of fused-ring (bicyclic) bond motifs is 3. The van der Waals surface area contributed by atoms with Crippen LogP contribution in [0.3, 0.4) is 0 Å². The minimum absolute atomic E-state index is 0.757. The fraction of sp³-hybridized carbons (Fsp3) is 0.